The van der Waals surface area contributed by atoms with Gasteiger partial charge in [0.05, 0.1) is 11.8 Å². The van der Waals surface area contributed by atoms with Crippen molar-refractivity contribution >= 4 is 45.3 Å². The van der Waals surface area contributed by atoms with E-state index in [1.165, 1.54) is 0 Å². The molecule has 31 heavy (non-hydrogen) atoms. The molecular weight excluding hydrogens is 464 g/mol. The van der Waals surface area contributed by atoms with Crippen LogP contribution in [0.25, 0.3) is 0 Å². The Morgan fingerprint density at radius 1 is 1.16 bits per heavy atom. The second-order valence-electron chi connectivity index (χ2n) is 8.47. The summed E-state index contributed by atoms with van der Waals surface area (Å²) in [5.74, 6) is -2.64. The van der Waals surface area contributed by atoms with Crippen LogP contribution in [0, 0.1) is 24.7 Å². The molecule has 0 aromatic heterocycles. The number of anilines is 1. The van der Waals surface area contributed by atoms with E-state index in [0.29, 0.717) is 18.5 Å². The minimum Gasteiger partial charge on any atom is -0.454 e. The maximum absolute atomic E-state index is 12.9. The van der Waals surface area contributed by atoms with Gasteiger partial charge in [0.15, 0.2) is 6.61 Å². The van der Waals surface area contributed by atoms with Gasteiger partial charge >= 0.3 is 5.97 Å². The number of imide groups is 1. The Morgan fingerprint density at radius 2 is 1.77 bits per heavy atom. The first-order chi connectivity index (χ1) is 14.7. The van der Waals surface area contributed by atoms with E-state index in [9.17, 15) is 19.2 Å². The Hall–Kier alpha value is -2.48. The van der Waals surface area contributed by atoms with E-state index in [-0.39, 0.29) is 24.2 Å². The summed E-state index contributed by atoms with van der Waals surface area (Å²) in [6.45, 7) is 5.21. The maximum Gasteiger partial charge on any atom is 0.329 e. The van der Waals surface area contributed by atoms with Crippen molar-refractivity contribution in [2.24, 2.45) is 17.8 Å². The second-order valence-corrected chi connectivity index (χ2v) is 9.32. The van der Waals surface area contributed by atoms with E-state index in [0.717, 1.165) is 14.9 Å². The molecule has 1 aromatic carbocycles. The molecule has 1 fully saturated rings. The van der Waals surface area contributed by atoms with Crippen LogP contribution in [0.4, 0.5) is 5.69 Å². The Morgan fingerprint density at radius 3 is 2.32 bits per heavy atom. The van der Waals surface area contributed by atoms with Crippen LogP contribution in [0.15, 0.2) is 34.8 Å². The molecule has 3 unspecified atom stereocenters. The lowest BCUT2D eigenvalue weighted by Crippen LogP contribution is -2.47. The van der Waals surface area contributed by atoms with Gasteiger partial charge in [-0.1, -0.05) is 41.9 Å². The summed E-state index contributed by atoms with van der Waals surface area (Å²) in [5.41, 5.74) is 1.54. The quantitative estimate of drug-likeness (QED) is 0.358. The third-order valence-electron chi connectivity index (χ3n) is 5.61. The Balaban J connectivity index is 1.66. The molecular formula is C23H27BrN2O5. The number of nitrogens with one attached hydrogen (secondary N) is 1. The third-order valence-corrected chi connectivity index (χ3v) is 6.50. The molecule has 1 saturated heterocycles. The van der Waals surface area contributed by atoms with Crippen molar-refractivity contribution in [2.45, 2.75) is 46.1 Å². The number of rotatable bonds is 7. The number of amides is 3. The number of fused-ring (bicyclic) bond motifs is 1. The van der Waals surface area contributed by atoms with Gasteiger partial charge in [-0.25, -0.2) is 4.79 Å². The lowest BCUT2D eigenvalue weighted by Gasteiger charge is -2.26. The summed E-state index contributed by atoms with van der Waals surface area (Å²) >= 11 is 3.40. The molecule has 166 valence electrons. The molecule has 3 atom stereocenters. The van der Waals surface area contributed by atoms with E-state index in [2.05, 4.69) is 21.2 Å². The van der Waals surface area contributed by atoms with Gasteiger partial charge in [0, 0.05) is 10.2 Å². The van der Waals surface area contributed by atoms with Crippen molar-refractivity contribution in [1.29, 1.82) is 0 Å². The monoisotopic (exact) mass is 490 g/mol. The maximum atomic E-state index is 12.9. The predicted octanol–water partition coefficient (Wildman–Crippen LogP) is 3.61. The largest absolute Gasteiger partial charge is 0.454 e. The van der Waals surface area contributed by atoms with Gasteiger partial charge < -0.3 is 10.1 Å². The lowest BCUT2D eigenvalue weighted by molar-refractivity contribution is -0.160. The summed E-state index contributed by atoms with van der Waals surface area (Å²) in [4.78, 5) is 52.0. The van der Waals surface area contributed by atoms with Gasteiger partial charge in [-0.05, 0) is 55.9 Å². The van der Waals surface area contributed by atoms with Crippen molar-refractivity contribution in [1.82, 2.24) is 4.90 Å². The minimum atomic E-state index is -1.02. The Bertz CT molecular complexity index is 901. The SMILES string of the molecule is Cc1cc(NC(=O)COC(=O)C(CC(C)C)N2C(=O)C3CC=CCC3C2=O)ccc1Br. The molecule has 1 aliphatic carbocycles. The molecule has 0 bridgehead atoms. The zero-order valence-electron chi connectivity index (χ0n) is 17.9. The number of aryl methyl sites for hydroxylation is 1. The highest BCUT2D eigenvalue weighted by atomic mass is 79.9. The average molecular weight is 491 g/mol. The lowest BCUT2D eigenvalue weighted by atomic mass is 9.85. The molecule has 7 nitrogen and oxygen atoms in total. The molecule has 3 rings (SSSR count). The summed E-state index contributed by atoms with van der Waals surface area (Å²) in [6.07, 6.45) is 5.10. The van der Waals surface area contributed by atoms with E-state index in [4.69, 9.17) is 4.74 Å². The van der Waals surface area contributed by atoms with E-state index >= 15 is 0 Å². The predicted molar refractivity (Wildman–Crippen MR) is 119 cm³/mol. The minimum absolute atomic E-state index is 0.0541. The fourth-order valence-electron chi connectivity index (χ4n) is 4.04. The van der Waals surface area contributed by atoms with Gasteiger partial charge in [0.1, 0.15) is 6.04 Å². The normalized spacial score (nSPS) is 21.3. The van der Waals surface area contributed by atoms with Crippen LogP contribution in [-0.4, -0.2) is 41.2 Å². The van der Waals surface area contributed by atoms with Crippen LogP contribution in [-0.2, 0) is 23.9 Å². The fourth-order valence-corrected chi connectivity index (χ4v) is 4.29. The molecule has 1 aliphatic heterocycles. The number of halogens is 1. The van der Waals surface area contributed by atoms with Gasteiger partial charge in [0.25, 0.3) is 5.91 Å². The number of nitrogens with zero attached hydrogens (tertiary/aromatic N) is 1. The molecule has 2 aliphatic rings. The van der Waals surface area contributed by atoms with Crippen molar-refractivity contribution in [2.75, 3.05) is 11.9 Å². The van der Waals surface area contributed by atoms with E-state index < -0.39 is 36.4 Å². The van der Waals surface area contributed by atoms with Crippen LogP contribution in [0.1, 0.15) is 38.7 Å². The standard InChI is InChI=1S/C23H27BrN2O5/c1-13(2)10-19(26-21(28)16-6-4-5-7-17(16)22(26)29)23(30)31-12-20(27)25-15-8-9-18(24)14(3)11-15/h4-5,8-9,11,13,16-17,19H,6-7,10,12H2,1-3H3,(H,25,27). The number of carbonyl (C=O) groups is 4. The van der Waals surface area contributed by atoms with Crippen LogP contribution < -0.4 is 5.32 Å². The molecule has 3 amide bonds. The number of esters is 1. The summed E-state index contributed by atoms with van der Waals surface area (Å²) in [7, 11) is 0. The van der Waals surface area contributed by atoms with Crippen LogP contribution in [0.5, 0.6) is 0 Å². The van der Waals surface area contributed by atoms with Gasteiger partial charge in [-0.3, -0.25) is 19.3 Å². The first-order valence-electron chi connectivity index (χ1n) is 10.4. The highest BCUT2D eigenvalue weighted by molar-refractivity contribution is 9.10. The smallest absolute Gasteiger partial charge is 0.329 e. The molecule has 1 aromatic rings. The van der Waals surface area contributed by atoms with Crippen molar-refractivity contribution in [3.8, 4) is 0 Å². The number of ether oxygens (including phenoxy) is 1. The number of likely N-dealkylation sites (tertiary alicyclic amines) is 1. The summed E-state index contributed by atoms with van der Waals surface area (Å²) in [5, 5.41) is 2.68. The van der Waals surface area contributed by atoms with E-state index in [1.807, 2.05) is 39.0 Å². The van der Waals surface area contributed by atoms with Gasteiger partial charge in [0.2, 0.25) is 11.8 Å². The fraction of sp³-hybridized carbons (Fsp3) is 0.478. The number of carbonyl (C=O) groups excluding carboxylic acids is 4. The molecule has 8 heteroatoms. The molecule has 0 radical (unpaired) electrons. The van der Waals surface area contributed by atoms with Crippen LogP contribution >= 0.6 is 15.9 Å². The highest BCUT2D eigenvalue weighted by Gasteiger charge is 2.51. The third kappa shape index (κ3) is 5.23. The number of allylic oxidation sites excluding steroid dienone is 2. The summed E-state index contributed by atoms with van der Waals surface area (Å²) in [6, 6.07) is 4.32. The molecule has 1 N–H and O–H groups in total. The van der Waals surface area contributed by atoms with Gasteiger partial charge in [-0.15, -0.1) is 0 Å². The van der Waals surface area contributed by atoms with Crippen molar-refractivity contribution in [3.63, 3.8) is 0 Å². The zero-order valence-corrected chi connectivity index (χ0v) is 19.5. The summed E-state index contributed by atoms with van der Waals surface area (Å²) < 4.78 is 6.15. The topological polar surface area (TPSA) is 92.8 Å². The van der Waals surface area contributed by atoms with Crippen LogP contribution in [0.2, 0.25) is 0 Å². The van der Waals surface area contributed by atoms with Gasteiger partial charge in [-0.2, -0.15) is 0 Å². The Kier molecular flexibility index (Phi) is 7.30. The molecule has 1 heterocycles. The highest BCUT2D eigenvalue weighted by Crippen LogP contribution is 2.37. The van der Waals surface area contributed by atoms with Crippen LogP contribution in [0.3, 0.4) is 0 Å². The number of benzene rings is 1. The molecule has 0 spiro atoms. The second kappa shape index (κ2) is 9.77. The zero-order chi connectivity index (χ0) is 22.7. The van der Waals surface area contributed by atoms with E-state index in [1.54, 1.807) is 12.1 Å². The first kappa shape index (κ1) is 23.2. The van der Waals surface area contributed by atoms with Crippen molar-refractivity contribution < 1.29 is 23.9 Å². The number of hydrogen-bond donors (Lipinski definition) is 1. The molecule has 0 saturated carbocycles. The first-order valence-corrected chi connectivity index (χ1v) is 11.2. The van der Waals surface area contributed by atoms with Crippen molar-refractivity contribution in [3.05, 3.63) is 40.4 Å². The Labute approximate surface area is 190 Å². The average Bonchev–Trinajstić information content (AvgIpc) is 2.98. The number of hydrogen-bond acceptors (Lipinski definition) is 5.